The van der Waals surface area contributed by atoms with E-state index < -0.39 is 0 Å². The fraction of sp³-hybridized carbons (Fsp3) is 0.586. The van der Waals surface area contributed by atoms with Crippen LogP contribution in [0.25, 0.3) is 0 Å². The van der Waals surface area contributed by atoms with Crippen molar-refractivity contribution in [3.05, 3.63) is 70.5 Å². The van der Waals surface area contributed by atoms with Crippen LogP contribution in [-0.2, 0) is 0 Å². The van der Waals surface area contributed by atoms with Gasteiger partial charge < -0.3 is 0 Å². The van der Waals surface area contributed by atoms with Gasteiger partial charge in [0.1, 0.15) is 5.82 Å². The Balaban J connectivity index is 1.14. The van der Waals surface area contributed by atoms with Crippen molar-refractivity contribution in [2.24, 2.45) is 17.8 Å². The van der Waals surface area contributed by atoms with Crippen molar-refractivity contribution >= 4 is 11.6 Å². The Labute approximate surface area is 193 Å². The average Bonchev–Trinajstić information content (AvgIpc) is 2.81. The minimum atomic E-state index is -0.268. The molecule has 2 heteroatoms. The highest BCUT2D eigenvalue weighted by atomic mass is 35.5. The van der Waals surface area contributed by atoms with Gasteiger partial charge in [0.05, 0.1) is 5.02 Å². The summed E-state index contributed by atoms with van der Waals surface area (Å²) in [5.41, 5.74) is 2.64. The second-order valence-corrected chi connectivity index (χ2v) is 10.8. The molecule has 0 N–H and O–H groups in total. The van der Waals surface area contributed by atoms with Gasteiger partial charge in [-0.05, 0) is 85.0 Å². The summed E-state index contributed by atoms with van der Waals surface area (Å²) in [7, 11) is 0. The zero-order valence-electron chi connectivity index (χ0n) is 19.0. The summed E-state index contributed by atoms with van der Waals surface area (Å²) in [6.07, 6.45) is 14.9. The third-order valence-corrected chi connectivity index (χ3v) is 8.57. The third-order valence-electron chi connectivity index (χ3n) is 8.27. The average molecular weight is 441 g/mol. The molecule has 0 unspecified atom stereocenters. The lowest BCUT2D eigenvalue weighted by molar-refractivity contribution is 0.220. The Morgan fingerprint density at radius 1 is 0.806 bits per heavy atom. The topological polar surface area (TPSA) is 0 Å². The van der Waals surface area contributed by atoms with Gasteiger partial charge >= 0.3 is 0 Å². The van der Waals surface area contributed by atoms with Gasteiger partial charge in [0.25, 0.3) is 0 Å². The first kappa shape index (κ1) is 22.8. The number of halogens is 2. The fourth-order valence-corrected chi connectivity index (χ4v) is 6.31. The van der Waals surface area contributed by atoms with Crippen molar-refractivity contribution in [2.75, 3.05) is 0 Å². The second kappa shape index (κ2) is 11.0. The summed E-state index contributed by atoms with van der Waals surface area (Å²) in [5.74, 6) is 3.68. The number of hydrogen-bond donors (Lipinski definition) is 0. The molecule has 0 nitrogen and oxygen atoms in total. The zero-order chi connectivity index (χ0) is 21.6. The molecule has 0 amide bonds. The van der Waals surface area contributed by atoms with Crippen molar-refractivity contribution < 1.29 is 4.39 Å². The first-order valence-electron chi connectivity index (χ1n) is 12.6. The van der Waals surface area contributed by atoms with E-state index >= 15 is 0 Å². The summed E-state index contributed by atoms with van der Waals surface area (Å²) in [6, 6.07) is 16.4. The van der Waals surface area contributed by atoms with Crippen LogP contribution in [0.15, 0.2) is 48.5 Å². The third kappa shape index (κ3) is 6.35. The van der Waals surface area contributed by atoms with Crippen LogP contribution < -0.4 is 0 Å². The van der Waals surface area contributed by atoms with Crippen LogP contribution in [0.5, 0.6) is 0 Å². The van der Waals surface area contributed by atoms with E-state index in [0.717, 1.165) is 23.3 Å². The number of hydrogen-bond acceptors (Lipinski definition) is 0. The van der Waals surface area contributed by atoms with Crippen LogP contribution in [-0.4, -0.2) is 0 Å². The molecule has 2 aromatic carbocycles. The first-order valence-corrected chi connectivity index (χ1v) is 13.0. The van der Waals surface area contributed by atoms with Crippen LogP contribution in [0.4, 0.5) is 4.39 Å². The first-order chi connectivity index (χ1) is 15.1. The van der Waals surface area contributed by atoms with Gasteiger partial charge in [-0.3, -0.25) is 0 Å². The fourth-order valence-electron chi connectivity index (χ4n) is 6.20. The molecule has 0 saturated heterocycles. The number of rotatable bonds is 7. The van der Waals surface area contributed by atoms with Gasteiger partial charge in [0.2, 0.25) is 0 Å². The van der Waals surface area contributed by atoms with E-state index in [1.807, 2.05) is 6.07 Å². The number of benzene rings is 2. The van der Waals surface area contributed by atoms with Crippen molar-refractivity contribution in [3.8, 4) is 0 Å². The predicted octanol–water partition coefficient (Wildman–Crippen LogP) is 9.53. The second-order valence-electron chi connectivity index (χ2n) is 10.4. The van der Waals surface area contributed by atoms with Crippen molar-refractivity contribution in [2.45, 2.75) is 89.4 Å². The lowest BCUT2D eigenvalue weighted by Gasteiger charge is -2.33. The van der Waals surface area contributed by atoms with Crippen molar-refractivity contribution in [1.82, 2.24) is 0 Å². The molecule has 4 rings (SSSR count). The predicted molar refractivity (Wildman–Crippen MR) is 130 cm³/mol. The standard InChI is InChI=1S/C29H38ClF/c1-21(25-5-3-2-4-6-25)19-24-11-9-22(10-12-24)7-8-23-13-15-26(16-14-23)27-17-18-28(30)29(31)20-27/h2-6,17-18,20-24,26H,7-16,19H2,1H3/t21-,22?,23?,24?,26?/m0/s1. The normalized spacial score (nSPS) is 27.7. The molecule has 2 fully saturated rings. The molecule has 0 bridgehead atoms. The summed E-state index contributed by atoms with van der Waals surface area (Å²) in [5, 5.41) is 0.238. The maximum absolute atomic E-state index is 13.8. The highest BCUT2D eigenvalue weighted by Gasteiger charge is 2.26. The lowest BCUT2D eigenvalue weighted by atomic mass is 9.73. The molecule has 0 heterocycles. The van der Waals surface area contributed by atoms with E-state index in [4.69, 9.17) is 11.6 Å². The maximum Gasteiger partial charge on any atom is 0.142 e. The van der Waals surface area contributed by atoms with Crippen molar-refractivity contribution in [1.29, 1.82) is 0 Å². The van der Waals surface area contributed by atoms with E-state index in [9.17, 15) is 4.39 Å². The summed E-state index contributed by atoms with van der Waals surface area (Å²) in [4.78, 5) is 0. The molecule has 0 aromatic heterocycles. The SMILES string of the molecule is C[C@@H](CC1CCC(CCC2CCC(c3ccc(Cl)c(F)c3)CC2)CC1)c1ccccc1. The molecule has 0 spiro atoms. The summed E-state index contributed by atoms with van der Waals surface area (Å²) < 4.78 is 13.8. The molecule has 0 radical (unpaired) electrons. The van der Waals surface area contributed by atoms with Gasteiger partial charge in [0, 0.05) is 0 Å². The summed E-state index contributed by atoms with van der Waals surface area (Å²) >= 11 is 5.84. The monoisotopic (exact) mass is 440 g/mol. The Hall–Kier alpha value is -1.34. The van der Waals surface area contributed by atoms with Crippen LogP contribution in [0, 0.1) is 23.6 Å². The highest BCUT2D eigenvalue weighted by molar-refractivity contribution is 6.30. The molecule has 2 aromatic rings. The van der Waals surface area contributed by atoms with E-state index in [1.165, 1.54) is 76.2 Å². The van der Waals surface area contributed by atoms with Gasteiger partial charge in [0.15, 0.2) is 0 Å². The van der Waals surface area contributed by atoms with Gasteiger partial charge in [-0.25, -0.2) is 4.39 Å². The van der Waals surface area contributed by atoms with Crippen LogP contribution in [0.1, 0.15) is 101 Å². The molecule has 2 aliphatic rings. The summed E-state index contributed by atoms with van der Waals surface area (Å²) in [6.45, 7) is 2.40. The molecule has 2 saturated carbocycles. The molecule has 1 atom stereocenters. The molecule has 2 aliphatic carbocycles. The zero-order valence-corrected chi connectivity index (χ0v) is 19.8. The molecule has 0 aliphatic heterocycles. The molecule has 168 valence electrons. The minimum Gasteiger partial charge on any atom is -0.205 e. The Morgan fingerprint density at radius 3 is 2.00 bits per heavy atom. The van der Waals surface area contributed by atoms with Gasteiger partial charge in [-0.15, -0.1) is 0 Å². The Kier molecular flexibility index (Phi) is 8.10. The highest BCUT2D eigenvalue weighted by Crippen LogP contribution is 2.41. The quantitative estimate of drug-likeness (QED) is 0.402. The van der Waals surface area contributed by atoms with E-state index in [0.29, 0.717) is 11.8 Å². The van der Waals surface area contributed by atoms with Crippen LogP contribution in [0.3, 0.4) is 0 Å². The minimum absolute atomic E-state index is 0.238. The van der Waals surface area contributed by atoms with Crippen LogP contribution in [0.2, 0.25) is 5.02 Å². The van der Waals surface area contributed by atoms with E-state index in [-0.39, 0.29) is 10.8 Å². The molecule has 31 heavy (non-hydrogen) atoms. The largest absolute Gasteiger partial charge is 0.205 e. The molecular weight excluding hydrogens is 403 g/mol. The van der Waals surface area contributed by atoms with Gasteiger partial charge in [-0.1, -0.05) is 93.4 Å². The Bertz CT molecular complexity index is 801. The smallest absolute Gasteiger partial charge is 0.142 e. The Morgan fingerprint density at radius 2 is 1.39 bits per heavy atom. The lowest BCUT2D eigenvalue weighted by Crippen LogP contribution is -2.18. The van der Waals surface area contributed by atoms with E-state index in [2.05, 4.69) is 37.3 Å². The van der Waals surface area contributed by atoms with Crippen LogP contribution >= 0.6 is 11.6 Å². The van der Waals surface area contributed by atoms with Gasteiger partial charge in [-0.2, -0.15) is 0 Å². The molecular formula is C29H38ClF. The van der Waals surface area contributed by atoms with E-state index in [1.54, 1.807) is 12.1 Å². The maximum atomic E-state index is 13.8. The van der Waals surface area contributed by atoms with Crippen molar-refractivity contribution in [3.63, 3.8) is 0 Å².